The molecule has 0 aliphatic carbocycles. The lowest BCUT2D eigenvalue weighted by Gasteiger charge is -2.05. The topological polar surface area (TPSA) is 68.1 Å². The Morgan fingerprint density at radius 3 is 1.25 bits per heavy atom. The third-order valence-electron chi connectivity index (χ3n) is 4.35. The molecule has 0 amide bonds. The fourth-order valence-corrected chi connectivity index (χ4v) is 2.85. The van der Waals surface area contributed by atoms with E-state index in [9.17, 15) is 9.59 Å². The van der Waals surface area contributed by atoms with Gasteiger partial charge < -0.3 is 4.74 Å². The quantitative estimate of drug-likeness (QED) is 0.258. The van der Waals surface area contributed by atoms with Gasteiger partial charge in [0, 0.05) is 0 Å². The van der Waals surface area contributed by atoms with E-state index in [0.717, 1.165) is 6.42 Å². The molecule has 0 heterocycles. The summed E-state index contributed by atoms with van der Waals surface area (Å²) in [6.07, 6.45) is 3.96. The number of isocyanates is 2. The van der Waals surface area contributed by atoms with E-state index in [1.54, 1.807) is 48.5 Å². The number of nitrogens with zero attached hydrogens (tertiary/aromatic N) is 2. The lowest BCUT2D eigenvalue weighted by atomic mass is 10.1. The van der Waals surface area contributed by atoms with Gasteiger partial charge in [0.15, 0.2) is 0 Å². The minimum atomic E-state index is 0.512. The molecule has 5 heteroatoms. The first-order chi connectivity index (χ1) is 15.8. The lowest BCUT2D eigenvalue weighted by Crippen LogP contribution is -1.85. The van der Waals surface area contributed by atoms with Crippen LogP contribution in [0, 0.1) is 0 Å². The van der Waals surface area contributed by atoms with Crippen LogP contribution in [0.5, 0.6) is 11.5 Å². The Hall–Kier alpha value is -4.56. The van der Waals surface area contributed by atoms with E-state index >= 15 is 0 Å². The first kappa shape index (κ1) is 22.1. The standard InChI is InChI=1S/C14H8N2O3.C13H12/c17-9-15-11-1-5-13(6-2-11)19-14-7-3-12(4-8-14)16-10-18;1-3-7-12(8-4-1)11-13-9-5-2-6-10-13/h1-8H;1-10H,11H2. The van der Waals surface area contributed by atoms with E-state index in [0.29, 0.717) is 22.9 Å². The highest BCUT2D eigenvalue weighted by Gasteiger charge is 1.98. The molecule has 4 rings (SSSR count). The maximum absolute atomic E-state index is 10.1. The third kappa shape index (κ3) is 7.36. The fraction of sp³-hybridized carbons (Fsp3) is 0.0370. The molecule has 156 valence electrons. The van der Waals surface area contributed by atoms with Gasteiger partial charge in [-0.25, -0.2) is 9.59 Å². The van der Waals surface area contributed by atoms with Gasteiger partial charge in [0.1, 0.15) is 11.5 Å². The molecule has 0 fully saturated rings. The fourth-order valence-electron chi connectivity index (χ4n) is 2.85. The van der Waals surface area contributed by atoms with Crippen LogP contribution in [0.25, 0.3) is 0 Å². The molecule has 0 unspecified atom stereocenters. The Labute approximate surface area is 186 Å². The van der Waals surface area contributed by atoms with E-state index < -0.39 is 0 Å². The molecule has 0 saturated heterocycles. The molecule has 0 atom stereocenters. The van der Waals surface area contributed by atoms with Crippen molar-refractivity contribution in [1.29, 1.82) is 0 Å². The Morgan fingerprint density at radius 2 is 0.906 bits per heavy atom. The van der Waals surface area contributed by atoms with Crippen molar-refractivity contribution >= 4 is 23.5 Å². The van der Waals surface area contributed by atoms with Gasteiger partial charge in [-0.1, -0.05) is 60.7 Å². The molecule has 0 N–H and O–H groups in total. The van der Waals surface area contributed by atoms with Gasteiger partial charge in [-0.2, -0.15) is 9.98 Å². The highest BCUT2D eigenvalue weighted by Crippen LogP contribution is 2.25. The van der Waals surface area contributed by atoms with Crippen molar-refractivity contribution < 1.29 is 14.3 Å². The van der Waals surface area contributed by atoms with Crippen LogP contribution >= 0.6 is 0 Å². The summed E-state index contributed by atoms with van der Waals surface area (Å²) in [5, 5.41) is 0. The first-order valence-corrected chi connectivity index (χ1v) is 9.88. The number of benzene rings is 4. The molecule has 0 saturated carbocycles. The van der Waals surface area contributed by atoms with Gasteiger partial charge in [-0.05, 0) is 66.1 Å². The second kappa shape index (κ2) is 12.2. The van der Waals surface area contributed by atoms with E-state index in [2.05, 4.69) is 70.6 Å². The van der Waals surface area contributed by atoms with Crippen molar-refractivity contribution in [2.75, 3.05) is 0 Å². The SMILES string of the molecule is O=C=Nc1ccc(Oc2ccc(N=C=O)cc2)cc1.c1ccc(Cc2ccccc2)cc1. The summed E-state index contributed by atoms with van der Waals surface area (Å²) >= 11 is 0. The van der Waals surface area contributed by atoms with Crippen molar-refractivity contribution in [2.24, 2.45) is 9.98 Å². The molecular weight excluding hydrogens is 400 g/mol. The number of aliphatic imine (C=N–C) groups is 2. The van der Waals surface area contributed by atoms with E-state index in [-0.39, 0.29) is 0 Å². The van der Waals surface area contributed by atoms with Crippen molar-refractivity contribution in [2.45, 2.75) is 6.42 Å². The van der Waals surface area contributed by atoms with Crippen molar-refractivity contribution in [3.8, 4) is 11.5 Å². The van der Waals surface area contributed by atoms with Crippen LogP contribution in [0.2, 0.25) is 0 Å². The Balaban J connectivity index is 0.000000193. The predicted octanol–water partition coefficient (Wildman–Crippen LogP) is 6.69. The number of hydrogen-bond donors (Lipinski definition) is 0. The summed E-state index contributed by atoms with van der Waals surface area (Å²) in [6, 6.07) is 34.4. The van der Waals surface area contributed by atoms with Crippen LogP contribution in [-0.2, 0) is 16.0 Å². The molecule has 0 radical (unpaired) electrons. The summed E-state index contributed by atoms with van der Waals surface area (Å²) in [5.74, 6) is 1.22. The van der Waals surface area contributed by atoms with Crippen LogP contribution in [0.1, 0.15) is 11.1 Å². The predicted molar refractivity (Wildman–Crippen MR) is 124 cm³/mol. The minimum absolute atomic E-state index is 0.512. The van der Waals surface area contributed by atoms with E-state index in [4.69, 9.17) is 4.74 Å². The summed E-state index contributed by atoms with van der Waals surface area (Å²) in [4.78, 5) is 27.1. The summed E-state index contributed by atoms with van der Waals surface area (Å²) < 4.78 is 5.56. The maximum atomic E-state index is 10.1. The normalized spacial score (nSPS) is 9.38. The molecule has 32 heavy (non-hydrogen) atoms. The third-order valence-corrected chi connectivity index (χ3v) is 4.35. The average molecular weight is 420 g/mol. The molecule has 0 spiro atoms. The van der Waals surface area contributed by atoms with Crippen LogP contribution in [0.3, 0.4) is 0 Å². The first-order valence-electron chi connectivity index (χ1n) is 9.88. The molecular formula is C27H20N2O3. The van der Waals surface area contributed by atoms with Crippen molar-refractivity contribution in [3.63, 3.8) is 0 Å². The molecule has 0 aromatic heterocycles. The van der Waals surface area contributed by atoms with Gasteiger partial charge in [0.25, 0.3) is 0 Å². The highest BCUT2D eigenvalue weighted by atomic mass is 16.5. The second-order valence-corrected chi connectivity index (χ2v) is 6.64. The maximum Gasteiger partial charge on any atom is 0.240 e. The molecule has 4 aromatic carbocycles. The summed E-state index contributed by atoms with van der Waals surface area (Å²) in [7, 11) is 0. The average Bonchev–Trinajstić information content (AvgIpc) is 2.84. The lowest BCUT2D eigenvalue weighted by molar-refractivity contribution is 0.483. The van der Waals surface area contributed by atoms with Gasteiger partial charge in [-0.3, -0.25) is 0 Å². The highest BCUT2D eigenvalue weighted by molar-refractivity contribution is 5.52. The molecule has 5 nitrogen and oxygen atoms in total. The summed E-state index contributed by atoms with van der Waals surface area (Å²) in [6.45, 7) is 0. The number of rotatable bonds is 6. The monoisotopic (exact) mass is 420 g/mol. The molecule has 0 bridgehead atoms. The number of hydrogen-bond acceptors (Lipinski definition) is 5. The van der Waals surface area contributed by atoms with E-state index in [1.807, 2.05) is 0 Å². The number of ether oxygens (including phenoxy) is 1. The largest absolute Gasteiger partial charge is 0.457 e. The van der Waals surface area contributed by atoms with Gasteiger partial charge >= 0.3 is 0 Å². The van der Waals surface area contributed by atoms with Crippen molar-refractivity contribution in [3.05, 3.63) is 120 Å². The van der Waals surface area contributed by atoms with Crippen LogP contribution in [0.4, 0.5) is 11.4 Å². The van der Waals surface area contributed by atoms with Crippen molar-refractivity contribution in [1.82, 2.24) is 0 Å². The zero-order valence-electron chi connectivity index (χ0n) is 17.2. The van der Waals surface area contributed by atoms with E-state index in [1.165, 1.54) is 23.3 Å². The minimum Gasteiger partial charge on any atom is -0.457 e. The Kier molecular flexibility index (Phi) is 8.44. The Morgan fingerprint density at radius 1 is 0.531 bits per heavy atom. The Bertz CT molecular complexity index is 1100. The van der Waals surface area contributed by atoms with Crippen LogP contribution < -0.4 is 4.74 Å². The molecule has 4 aromatic rings. The smallest absolute Gasteiger partial charge is 0.240 e. The van der Waals surface area contributed by atoms with Gasteiger partial charge in [0.05, 0.1) is 11.4 Å². The zero-order valence-corrected chi connectivity index (χ0v) is 17.2. The van der Waals surface area contributed by atoms with Crippen LogP contribution in [-0.4, -0.2) is 12.2 Å². The van der Waals surface area contributed by atoms with Crippen LogP contribution in [0.15, 0.2) is 119 Å². The molecule has 0 aliphatic heterocycles. The molecule has 0 aliphatic rings. The zero-order chi connectivity index (χ0) is 22.4. The van der Waals surface area contributed by atoms with Gasteiger partial charge in [-0.15, -0.1) is 0 Å². The number of carbonyl (C=O) groups excluding carboxylic acids is 2. The van der Waals surface area contributed by atoms with Gasteiger partial charge in [0.2, 0.25) is 12.2 Å². The summed E-state index contributed by atoms with van der Waals surface area (Å²) in [5.41, 5.74) is 3.76. The second-order valence-electron chi connectivity index (χ2n) is 6.64.